The maximum Gasteiger partial charge on any atom is 0.284 e. The van der Waals surface area contributed by atoms with E-state index in [2.05, 4.69) is 28.7 Å². The van der Waals surface area contributed by atoms with E-state index in [1.54, 1.807) is 16.7 Å². The highest BCUT2D eigenvalue weighted by Crippen LogP contribution is 2.18. The third-order valence-electron chi connectivity index (χ3n) is 2.63. The van der Waals surface area contributed by atoms with Crippen LogP contribution in [0.1, 0.15) is 30.1 Å². The van der Waals surface area contributed by atoms with Crippen molar-refractivity contribution < 1.29 is 4.79 Å². The van der Waals surface area contributed by atoms with Gasteiger partial charge < -0.3 is 10.2 Å². The molecule has 1 rings (SSSR count). The Hall–Kier alpha value is -0.820. The Bertz CT molecular complexity index is 383. The molecule has 1 aromatic rings. The Morgan fingerprint density at radius 2 is 2.22 bits per heavy atom. The van der Waals surface area contributed by atoms with E-state index in [1.807, 2.05) is 14.0 Å². The fraction of sp³-hybridized carbons (Fsp3) is 0.727. The molecule has 1 N–H and O–H groups in total. The Kier molecular flexibility index (Phi) is 6.42. The van der Waals surface area contributed by atoms with E-state index in [0.717, 1.165) is 18.7 Å². The van der Waals surface area contributed by atoms with E-state index < -0.39 is 0 Å². The quantitative estimate of drug-likeness (QED) is 0.833. The van der Waals surface area contributed by atoms with Crippen LogP contribution in [-0.2, 0) is 0 Å². The zero-order valence-electron chi connectivity index (χ0n) is 11.3. The Morgan fingerprint density at radius 1 is 1.50 bits per heavy atom. The summed E-state index contributed by atoms with van der Waals surface area (Å²) in [4.78, 5) is 14.0. The molecule has 0 fully saturated rings. The zero-order chi connectivity index (χ0) is 13.5. The fourth-order valence-electron chi connectivity index (χ4n) is 1.54. The molecule has 1 amide bonds. The van der Waals surface area contributed by atoms with Crippen LogP contribution in [0.3, 0.4) is 0 Å². The van der Waals surface area contributed by atoms with E-state index in [0.29, 0.717) is 10.1 Å². The van der Waals surface area contributed by atoms with Crippen molar-refractivity contribution in [3.05, 3.63) is 5.01 Å². The van der Waals surface area contributed by atoms with Crippen LogP contribution >= 0.6 is 23.1 Å². The molecular formula is C11H20N4OS2. The second-order valence-electron chi connectivity index (χ2n) is 3.88. The Labute approximate surface area is 116 Å². The van der Waals surface area contributed by atoms with Crippen LogP contribution in [0, 0.1) is 0 Å². The SMILES string of the molecule is CCNc1nnc(C(=O)N(C)C(CC)CSC)s1. The number of carbonyl (C=O) groups is 1. The first-order valence-electron chi connectivity index (χ1n) is 5.97. The van der Waals surface area contributed by atoms with Gasteiger partial charge in [0.25, 0.3) is 5.91 Å². The molecule has 1 atom stereocenters. The molecule has 0 aromatic carbocycles. The summed E-state index contributed by atoms with van der Waals surface area (Å²) in [5.74, 6) is 0.898. The molecule has 1 heterocycles. The molecule has 18 heavy (non-hydrogen) atoms. The monoisotopic (exact) mass is 288 g/mol. The summed E-state index contributed by atoms with van der Waals surface area (Å²) in [6.45, 7) is 4.86. The van der Waals surface area contributed by atoms with Gasteiger partial charge in [0, 0.05) is 25.4 Å². The van der Waals surface area contributed by atoms with Gasteiger partial charge in [-0.05, 0) is 19.6 Å². The smallest absolute Gasteiger partial charge is 0.284 e. The summed E-state index contributed by atoms with van der Waals surface area (Å²) in [6, 6.07) is 0.249. The summed E-state index contributed by atoms with van der Waals surface area (Å²) in [6.07, 6.45) is 3.00. The molecule has 1 unspecified atom stereocenters. The van der Waals surface area contributed by atoms with Gasteiger partial charge in [0.2, 0.25) is 10.1 Å². The molecule has 5 nitrogen and oxygen atoms in total. The van der Waals surface area contributed by atoms with Gasteiger partial charge in [-0.15, -0.1) is 10.2 Å². The number of rotatable bonds is 7. The van der Waals surface area contributed by atoms with Gasteiger partial charge in [-0.25, -0.2) is 0 Å². The Balaban J connectivity index is 2.71. The molecule has 0 saturated carbocycles. The van der Waals surface area contributed by atoms with Crippen LogP contribution < -0.4 is 5.32 Å². The van der Waals surface area contributed by atoms with Gasteiger partial charge >= 0.3 is 0 Å². The van der Waals surface area contributed by atoms with Crippen LogP contribution in [0.25, 0.3) is 0 Å². The topological polar surface area (TPSA) is 58.1 Å². The molecule has 0 aliphatic carbocycles. The predicted octanol–water partition coefficient (Wildman–Crippen LogP) is 2.18. The van der Waals surface area contributed by atoms with Crippen LogP contribution in [0.2, 0.25) is 0 Å². The normalized spacial score (nSPS) is 12.2. The number of hydrogen-bond donors (Lipinski definition) is 1. The van der Waals surface area contributed by atoms with Crippen LogP contribution in [0.5, 0.6) is 0 Å². The molecule has 0 radical (unpaired) electrons. The lowest BCUT2D eigenvalue weighted by molar-refractivity contribution is 0.0742. The van der Waals surface area contributed by atoms with E-state index >= 15 is 0 Å². The summed E-state index contributed by atoms with van der Waals surface area (Å²) in [7, 11) is 1.83. The molecule has 0 bridgehead atoms. The number of carbonyl (C=O) groups excluding carboxylic acids is 1. The molecule has 102 valence electrons. The van der Waals surface area contributed by atoms with E-state index in [4.69, 9.17) is 0 Å². The minimum atomic E-state index is -0.0439. The molecule has 1 aromatic heterocycles. The minimum Gasteiger partial charge on any atom is -0.360 e. The number of nitrogens with zero attached hydrogens (tertiary/aromatic N) is 3. The van der Waals surface area contributed by atoms with Crippen molar-refractivity contribution in [3.63, 3.8) is 0 Å². The molecule has 0 saturated heterocycles. The number of amides is 1. The number of thioether (sulfide) groups is 1. The average Bonchev–Trinajstić information content (AvgIpc) is 2.83. The highest BCUT2D eigenvalue weighted by atomic mass is 32.2. The summed E-state index contributed by atoms with van der Waals surface area (Å²) >= 11 is 3.06. The van der Waals surface area contributed by atoms with Crippen molar-refractivity contribution in [2.75, 3.05) is 30.9 Å². The summed E-state index contributed by atoms with van der Waals surface area (Å²) in [5.41, 5.74) is 0. The van der Waals surface area contributed by atoms with Gasteiger partial charge in [-0.2, -0.15) is 11.8 Å². The lowest BCUT2D eigenvalue weighted by atomic mass is 10.2. The zero-order valence-corrected chi connectivity index (χ0v) is 12.9. The van der Waals surface area contributed by atoms with Crippen molar-refractivity contribution in [1.29, 1.82) is 0 Å². The molecule has 0 aliphatic heterocycles. The molecule has 0 spiro atoms. The van der Waals surface area contributed by atoms with Gasteiger partial charge in [0.1, 0.15) is 0 Å². The number of nitrogens with one attached hydrogen (secondary N) is 1. The van der Waals surface area contributed by atoms with Gasteiger partial charge in [-0.3, -0.25) is 4.79 Å². The maximum absolute atomic E-state index is 12.2. The Morgan fingerprint density at radius 3 is 2.78 bits per heavy atom. The van der Waals surface area contributed by atoms with Crippen molar-refractivity contribution in [2.45, 2.75) is 26.3 Å². The van der Waals surface area contributed by atoms with Gasteiger partial charge in [-0.1, -0.05) is 18.3 Å². The van der Waals surface area contributed by atoms with E-state index in [1.165, 1.54) is 11.3 Å². The lowest BCUT2D eigenvalue weighted by Gasteiger charge is -2.25. The van der Waals surface area contributed by atoms with Crippen LogP contribution in [-0.4, -0.2) is 52.6 Å². The second-order valence-corrected chi connectivity index (χ2v) is 5.76. The average molecular weight is 288 g/mol. The van der Waals surface area contributed by atoms with Crippen LogP contribution in [0.15, 0.2) is 0 Å². The fourth-order valence-corrected chi connectivity index (χ4v) is 3.18. The first-order valence-corrected chi connectivity index (χ1v) is 8.18. The van der Waals surface area contributed by atoms with E-state index in [9.17, 15) is 4.79 Å². The van der Waals surface area contributed by atoms with Crippen molar-refractivity contribution in [3.8, 4) is 0 Å². The largest absolute Gasteiger partial charge is 0.360 e. The first-order chi connectivity index (χ1) is 8.63. The number of aromatic nitrogens is 2. The minimum absolute atomic E-state index is 0.0439. The van der Waals surface area contributed by atoms with Crippen LogP contribution in [0.4, 0.5) is 5.13 Å². The van der Waals surface area contributed by atoms with Gasteiger partial charge in [0.15, 0.2) is 0 Å². The maximum atomic E-state index is 12.2. The predicted molar refractivity (Wildman–Crippen MR) is 78.6 cm³/mol. The first kappa shape index (κ1) is 15.2. The standard InChI is InChI=1S/C11H20N4OS2/c1-5-8(7-17-4)15(3)10(16)9-13-14-11(18-9)12-6-2/h8H,5-7H2,1-4H3,(H,12,14). The third kappa shape index (κ3) is 3.84. The second kappa shape index (κ2) is 7.58. The highest BCUT2D eigenvalue weighted by Gasteiger charge is 2.22. The van der Waals surface area contributed by atoms with Gasteiger partial charge in [0.05, 0.1) is 0 Å². The molecular weight excluding hydrogens is 268 g/mol. The summed E-state index contributed by atoms with van der Waals surface area (Å²) in [5, 5.41) is 12.1. The number of anilines is 1. The molecule has 0 aliphatic rings. The third-order valence-corrected chi connectivity index (χ3v) is 4.22. The molecule has 7 heteroatoms. The van der Waals surface area contributed by atoms with Crippen molar-refractivity contribution >= 4 is 34.1 Å². The van der Waals surface area contributed by atoms with Crippen molar-refractivity contribution in [2.24, 2.45) is 0 Å². The van der Waals surface area contributed by atoms with Crippen molar-refractivity contribution in [1.82, 2.24) is 15.1 Å². The number of hydrogen-bond acceptors (Lipinski definition) is 6. The van der Waals surface area contributed by atoms with E-state index in [-0.39, 0.29) is 11.9 Å². The summed E-state index contributed by atoms with van der Waals surface area (Å²) < 4.78 is 0. The highest BCUT2D eigenvalue weighted by molar-refractivity contribution is 7.98. The lowest BCUT2D eigenvalue weighted by Crippen LogP contribution is -2.38.